The highest BCUT2D eigenvalue weighted by Crippen LogP contribution is 2.22. The van der Waals surface area contributed by atoms with Crippen molar-refractivity contribution in [1.82, 2.24) is 25.7 Å². The van der Waals surface area contributed by atoms with Gasteiger partial charge in [0.25, 0.3) is 0 Å². The first-order valence-corrected chi connectivity index (χ1v) is 9.16. The molecule has 1 fully saturated rings. The van der Waals surface area contributed by atoms with E-state index in [1.54, 1.807) is 0 Å². The largest absolute Gasteiger partial charge is 0.354 e. The number of nitrogens with one attached hydrogen (secondary N) is 2. The molecular weight excluding hydrogens is 324 g/mol. The lowest BCUT2D eigenvalue weighted by Gasteiger charge is -2.33. The van der Waals surface area contributed by atoms with Crippen molar-refractivity contribution in [3.05, 3.63) is 59.9 Å². The van der Waals surface area contributed by atoms with Crippen LogP contribution in [0.25, 0.3) is 11.3 Å². The Hall–Kier alpha value is -2.73. The SMILES string of the molecule is Cc1ccc(N2CCCC(NCc3cn[nH]c3-c3ccccc3)C2)nn1. The molecule has 1 aliphatic heterocycles. The molecule has 1 atom stereocenters. The van der Waals surface area contributed by atoms with Crippen LogP contribution < -0.4 is 10.2 Å². The number of aromatic nitrogens is 4. The predicted molar refractivity (Wildman–Crippen MR) is 103 cm³/mol. The summed E-state index contributed by atoms with van der Waals surface area (Å²) in [5.41, 5.74) is 4.41. The number of hydrogen-bond donors (Lipinski definition) is 2. The first kappa shape index (κ1) is 16.7. The molecule has 3 aromatic rings. The molecule has 2 N–H and O–H groups in total. The van der Waals surface area contributed by atoms with E-state index in [-0.39, 0.29) is 0 Å². The summed E-state index contributed by atoms with van der Waals surface area (Å²) in [5, 5.41) is 19.6. The number of benzene rings is 1. The lowest BCUT2D eigenvalue weighted by atomic mass is 10.0. The van der Waals surface area contributed by atoms with Crippen molar-refractivity contribution in [1.29, 1.82) is 0 Å². The number of aryl methyl sites for hydroxylation is 1. The van der Waals surface area contributed by atoms with Gasteiger partial charge in [0.2, 0.25) is 0 Å². The van der Waals surface area contributed by atoms with Gasteiger partial charge in [-0.05, 0) is 37.5 Å². The third kappa shape index (κ3) is 3.75. The molecule has 4 rings (SSSR count). The summed E-state index contributed by atoms with van der Waals surface area (Å²) in [6.45, 7) is 4.76. The standard InChI is InChI=1S/C20H24N6/c1-15-9-10-19(24-23-15)26-11-5-8-18(14-26)21-12-17-13-22-25-20(17)16-6-3-2-4-7-16/h2-4,6-7,9-10,13,18,21H,5,8,11-12,14H2,1H3,(H,22,25). The van der Waals surface area contributed by atoms with E-state index in [2.05, 4.69) is 60.9 Å². The highest BCUT2D eigenvalue weighted by molar-refractivity contribution is 5.62. The number of anilines is 1. The fraction of sp³-hybridized carbons (Fsp3) is 0.350. The lowest BCUT2D eigenvalue weighted by Crippen LogP contribution is -2.45. The second-order valence-corrected chi connectivity index (χ2v) is 6.84. The molecule has 3 heterocycles. The summed E-state index contributed by atoms with van der Waals surface area (Å²) in [7, 11) is 0. The zero-order chi connectivity index (χ0) is 17.8. The van der Waals surface area contributed by atoms with E-state index in [1.165, 1.54) is 17.5 Å². The Bertz CT molecular complexity index is 827. The number of rotatable bonds is 5. The van der Waals surface area contributed by atoms with Gasteiger partial charge in [-0.3, -0.25) is 5.10 Å². The normalized spacial score (nSPS) is 17.4. The van der Waals surface area contributed by atoms with Crippen LogP contribution in [0.1, 0.15) is 24.1 Å². The smallest absolute Gasteiger partial charge is 0.151 e. The van der Waals surface area contributed by atoms with Crippen LogP contribution >= 0.6 is 0 Å². The molecule has 134 valence electrons. The van der Waals surface area contributed by atoms with Gasteiger partial charge in [-0.25, -0.2) is 0 Å². The minimum Gasteiger partial charge on any atom is -0.354 e. The molecule has 0 bridgehead atoms. The van der Waals surface area contributed by atoms with Gasteiger partial charge >= 0.3 is 0 Å². The van der Waals surface area contributed by atoms with Crippen molar-refractivity contribution >= 4 is 5.82 Å². The van der Waals surface area contributed by atoms with E-state index in [0.717, 1.165) is 43.3 Å². The van der Waals surface area contributed by atoms with Gasteiger partial charge in [-0.2, -0.15) is 10.2 Å². The van der Waals surface area contributed by atoms with E-state index >= 15 is 0 Å². The minimum absolute atomic E-state index is 0.436. The highest BCUT2D eigenvalue weighted by atomic mass is 15.3. The Morgan fingerprint density at radius 2 is 2.04 bits per heavy atom. The summed E-state index contributed by atoms with van der Waals surface area (Å²) in [4.78, 5) is 2.32. The maximum absolute atomic E-state index is 4.33. The molecule has 6 heteroatoms. The molecule has 1 aliphatic rings. The van der Waals surface area contributed by atoms with Gasteiger partial charge < -0.3 is 10.2 Å². The topological polar surface area (TPSA) is 69.7 Å². The number of nitrogens with zero attached hydrogens (tertiary/aromatic N) is 4. The number of hydrogen-bond acceptors (Lipinski definition) is 5. The molecule has 1 saturated heterocycles. The maximum atomic E-state index is 4.33. The van der Waals surface area contributed by atoms with E-state index in [9.17, 15) is 0 Å². The first-order chi connectivity index (χ1) is 12.8. The second kappa shape index (κ2) is 7.66. The van der Waals surface area contributed by atoms with Crippen molar-refractivity contribution in [3.8, 4) is 11.3 Å². The fourth-order valence-corrected chi connectivity index (χ4v) is 3.47. The molecule has 0 amide bonds. The molecule has 0 spiro atoms. The molecule has 1 unspecified atom stereocenters. The lowest BCUT2D eigenvalue weighted by molar-refractivity contribution is 0.419. The molecule has 2 aromatic heterocycles. The van der Waals surface area contributed by atoms with E-state index in [0.29, 0.717) is 6.04 Å². The fourth-order valence-electron chi connectivity index (χ4n) is 3.47. The van der Waals surface area contributed by atoms with E-state index in [1.807, 2.05) is 25.3 Å². The zero-order valence-corrected chi connectivity index (χ0v) is 15.0. The zero-order valence-electron chi connectivity index (χ0n) is 15.0. The van der Waals surface area contributed by atoms with Gasteiger partial charge in [0.05, 0.1) is 17.6 Å². The van der Waals surface area contributed by atoms with Crippen molar-refractivity contribution < 1.29 is 0 Å². The number of H-pyrrole nitrogens is 1. The third-order valence-electron chi connectivity index (χ3n) is 4.89. The number of piperidine rings is 1. The molecule has 6 nitrogen and oxygen atoms in total. The Kier molecular flexibility index (Phi) is 4.93. The van der Waals surface area contributed by atoms with Crippen LogP contribution in [0.3, 0.4) is 0 Å². The summed E-state index contributed by atoms with van der Waals surface area (Å²) in [6, 6.07) is 14.9. The second-order valence-electron chi connectivity index (χ2n) is 6.84. The summed E-state index contributed by atoms with van der Waals surface area (Å²) in [6.07, 6.45) is 4.25. The average Bonchev–Trinajstić information content (AvgIpc) is 3.16. The minimum atomic E-state index is 0.436. The van der Waals surface area contributed by atoms with Crippen LogP contribution in [0.4, 0.5) is 5.82 Å². The van der Waals surface area contributed by atoms with E-state index in [4.69, 9.17) is 0 Å². The first-order valence-electron chi connectivity index (χ1n) is 9.16. The summed E-state index contributed by atoms with van der Waals surface area (Å²) >= 11 is 0. The van der Waals surface area contributed by atoms with Crippen molar-refractivity contribution in [3.63, 3.8) is 0 Å². The van der Waals surface area contributed by atoms with Crippen LogP contribution in [0.5, 0.6) is 0 Å². The van der Waals surface area contributed by atoms with Crippen LogP contribution in [-0.2, 0) is 6.54 Å². The van der Waals surface area contributed by atoms with Crippen molar-refractivity contribution in [2.75, 3.05) is 18.0 Å². The van der Waals surface area contributed by atoms with Gasteiger partial charge in [0.15, 0.2) is 5.82 Å². The molecule has 1 aromatic carbocycles. The molecular formula is C20H24N6. The van der Waals surface area contributed by atoms with Gasteiger partial charge in [-0.1, -0.05) is 30.3 Å². The van der Waals surface area contributed by atoms with Crippen LogP contribution in [0.15, 0.2) is 48.7 Å². The Morgan fingerprint density at radius 1 is 1.15 bits per heavy atom. The Morgan fingerprint density at radius 3 is 2.85 bits per heavy atom. The van der Waals surface area contributed by atoms with Crippen LogP contribution in [0, 0.1) is 6.92 Å². The quantitative estimate of drug-likeness (QED) is 0.742. The van der Waals surface area contributed by atoms with Crippen molar-refractivity contribution in [2.24, 2.45) is 0 Å². The monoisotopic (exact) mass is 348 g/mol. The molecule has 0 aliphatic carbocycles. The Labute approximate surface area is 153 Å². The number of aromatic amines is 1. The summed E-state index contributed by atoms with van der Waals surface area (Å²) < 4.78 is 0. The molecule has 0 saturated carbocycles. The van der Waals surface area contributed by atoms with Crippen LogP contribution in [0.2, 0.25) is 0 Å². The Balaban J connectivity index is 1.39. The van der Waals surface area contributed by atoms with E-state index < -0.39 is 0 Å². The predicted octanol–water partition coefficient (Wildman–Crippen LogP) is 2.93. The summed E-state index contributed by atoms with van der Waals surface area (Å²) in [5.74, 6) is 0.968. The van der Waals surface area contributed by atoms with Gasteiger partial charge in [-0.15, -0.1) is 5.10 Å². The molecule has 0 radical (unpaired) electrons. The average molecular weight is 348 g/mol. The highest BCUT2D eigenvalue weighted by Gasteiger charge is 2.21. The molecule has 26 heavy (non-hydrogen) atoms. The van der Waals surface area contributed by atoms with Gasteiger partial charge in [0.1, 0.15) is 0 Å². The van der Waals surface area contributed by atoms with Gasteiger partial charge in [0, 0.05) is 31.2 Å². The van der Waals surface area contributed by atoms with Crippen molar-refractivity contribution in [2.45, 2.75) is 32.4 Å². The maximum Gasteiger partial charge on any atom is 0.151 e. The van der Waals surface area contributed by atoms with Crippen LogP contribution in [-0.4, -0.2) is 39.5 Å². The third-order valence-corrected chi connectivity index (χ3v) is 4.89.